The van der Waals surface area contributed by atoms with Crippen molar-refractivity contribution in [3.8, 4) is 0 Å². The number of fused-ring (bicyclic) bond motifs is 1. The summed E-state index contributed by atoms with van der Waals surface area (Å²) in [5.41, 5.74) is 4.97. The number of aromatic nitrogens is 4. The Morgan fingerprint density at radius 2 is 1.89 bits per heavy atom. The lowest BCUT2D eigenvalue weighted by molar-refractivity contribution is -0.112. The van der Waals surface area contributed by atoms with Crippen LogP contribution in [0.1, 0.15) is 36.1 Å². The third kappa shape index (κ3) is 3.50. The van der Waals surface area contributed by atoms with Gasteiger partial charge in [0.25, 0.3) is 0 Å². The normalized spacial score (nSPS) is 18.1. The second-order valence-electron chi connectivity index (χ2n) is 9.92. The summed E-state index contributed by atoms with van der Waals surface area (Å²) in [7, 11) is 0. The molecule has 1 fully saturated rings. The van der Waals surface area contributed by atoms with E-state index in [4.69, 9.17) is 0 Å². The number of carbonyl (C=O) groups excluding carboxylic acids is 2. The Hall–Kier alpha value is -4.21. The summed E-state index contributed by atoms with van der Waals surface area (Å²) in [6.07, 6.45) is 11.9. The molecule has 1 N–H and O–H groups in total. The van der Waals surface area contributed by atoms with Gasteiger partial charge in [-0.2, -0.15) is 0 Å². The van der Waals surface area contributed by atoms with Crippen molar-refractivity contribution in [1.29, 1.82) is 0 Å². The van der Waals surface area contributed by atoms with Crippen molar-refractivity contribution in [3.05, 3.63) is 65.8 Å². The molecule has 10 heteroatoms. The summed E-state index contributed by atoms with van der Waals surface area (Å²) >= 11 is 0. The van der Waals surface area contributed by atoms with Crippen molar-refractivity contribution in [2.24, 2.45) is 0 Å². The molecule has 3 aromatic heterocycles. The highest BCUT2D eigenvalue weighted by Gasteiger charge is 2.32. The van der Waals surface area contributed by atoms with Crippen molar-refractivity contribution in [3.63, 3.8) is 0 Å². The van der Waals surface area contributed by atoms with Crippen LogP contribution < -0.4 is 5.32 Å². The highest BCUT2D eigenvalue weighted by molar-refractivity contribution is 6.32. The number of benzene rings is 1. The molecule has 3 aliphatic heterocycles. The van der Waals surface area contributed by atoms with Crippen LogP contribution in [0.4, 0.5) is 9.18 Å². The highest BCUT2D eigenvalue weighted by atomic mass is 19.1. The van der Waals surface area contributed by atoms with E-state index >= 15 is 4.39 Å². The molecule has 7 rings (SSSR count). The molecule has 4 aromatic rings. The molecule has 0 atom stereocenters. The summed E-state index contributed by atoms with van der Waals surface area (Å²) in [5.74, 6) is -0.405. The first-order valence-corrected chi connectivity index (χ1v) is 12.7. The third-order valence-electron chi connectivity index (χ3n) is 7.68. The number of halogens is 1. The largest absolute Gasteiger partial charge is 0.376 e. The zero-order valence-electron chi connectivity index (χ0n) is 20.3. The number of carbonyl (C=O) groups is 2. The standard InChI is InChI=1S/C27H26FN7O2/c28-18-10-17-15-34(27(37)32-5-2-1-3-6-32)9-8-33-16-20(19(11-18)26(17)33)25-24(22(36)13-31-25)21-12-30-23-14-29-4-7-35(21)23/h4,7,10-12,14,16,31H,1-3,5-6,8-9,13,15H2. The second-order valence-corrected chi connectivity index (χ2v) is 9.92. The van der Waals surface area contributed by atoms with Crippen LogP contribution in [0.2, 0.25) is 0 Å². The first-order chi connectivity index (χ1) is 18.1. The first kappa shape index (κ1) is 22.0. The predicted octanol–water partition coefficient (Wildman–Crippen LogP) is 3.29. The van der Waals surface area contributed by atoms with Crippen LogP contribution in [-0.2, 0) is 17.9 Å². The monoisotopic (exact) mass is 499 g/mol. The van der Waals surface area contributed by atoms with Crippen LogP contribution >= 0.6 is 0 Å². The zero-order chi connectivity index (χ0) is 25.1. The van der Waals surface area contributed by atoms with Crippen LogP contribution in [0.3, 0.4) is 0 Å². The molecular formula is C27H26FN7O2. The van der Waals surface area contributed by atoms with Crippen LogP contribution in [0, 0.1) is 5.82 Å². The fourth-order valence-corrected chi connectivity index (χ4v) is 5.96. The number of hydrogen-bond donors (Lipinski definition) is 1. The molecule has 3 aliphatic rings. The lowest BCUT2D eigenvalue weighted by atomic mass is 10.0. The third-order valence-corrected chi connectivity index (χ3v) is 7.68. The van der Waals surface area contributed by atoms with Crippen LogP contribution in [-0.4, -0.2) is 66.7 Å². The van der Waals surface area contributed by atoms with Gasteiger partial charge in [-0.25, -0.2) is 14.2 Å². The van der Waals surface area contributed by atoms with Gasteiger partial charge in [-0.3, -0.25) is 14.2 Å². The Kier molecular flexibility index (Phi) is 5.02. The van der Waals surface area contributed by atoms with Gasteiger partial charge in [0.05, 0.1) is 41.4 Å². The van der Waals surface area contributed by atoms with Gasteiger partial charge in [-0.1, -0.05) is 0 Å². The number of piperidine rings is 1. The number of nitrogens with one attached hydrogen (secondary N) is 1. The molecule has 1 aromatic carbocycles. The topological polar surface area (TPSA) is 87.8 Å². The lowest BCUT2D eigenvalue weighted by Gasteiger charge is -2.32. The molecule has 2 amide bonds. The minimum Gasteiger partial charge on any atom is -0.376 e. The average Bonchev–Trinajstić information content (AvgIpc) is 3.57. The molecule has 0 bridgehead atoms. The highest BCUT2D eigenvalue weighted by Crippen LogP contribution is 2.37. The molecule has 37 heavy (non-hydrogen) atoms. The molecule has 188 valence electrons. The quantitative estimate of drug-likeness (QED) is 0.457. The minimum absolute atomic E-state index is 0.0261. The van der Waals surface area contributed by atoms with Gasteiger partial charge in [-0.15, -0.1) is 0 Å². The van der Waals surface area contributed by atoms with E-state index in [1.807, 2.05) is 20.4 Å². The van der Waals surface area contributed by atoms with Crippen molar-refractivity contribution in [2.45, 2.75) is 32.4 Å². The number of amides is 2. The number of likely N-dealkylation sites (tertiary alicyclic amines) is 1. The number of nitrogens with zero attached hydrogens (tertiary/aromatic N) is 6. The number of ketones is 1. The average molecular weight is 500 g/mol. The Balaban J connectivity index is 1.34. The zero-order valence-corrected chi connectivity index (χ0v) is 20.3. The fraction of sp³-hybridized carbons (Fsp3) is 0.333. The van der Waals surface area contributed by atoms with Crippen molar-refractivity contribution < 1.29 is 14.0 Å². The molecular weight excluding hydrogens is 473 g/mol. The van der Waals surface area contributed by atoms with E-state index in [0.717, 1.165) is 54.4 Å². The molecule has 0 unspecified atom stereocenters. The maximum Gasteiger partial charge on any atom is 0.320 e. The lowest BCUT2D eigenvalue weighted by Crippen LogP contribution is -2.45. The summed E-state index contributed by atoms with van der Waals surface area (Å²) in [4.78, 5) is 38.6. The molecule has 0 radical (unpaired) electrons. The molecule has 6 heterocycles. The Morgan fingerprint density at radius 3 is 2.76 bits per heavy atom. The second kappa shape index (κ2) is 8.43. The summed E-state index contributed by atoms with van der Waals surface area (Å²) in [5, 5.41) is 4.00. The van der Waals surface area contributed by atoms with Crippen molar-refractivity contribution in [1.82, 2.24) is 34.1 Å². The van der Waals surface area contributed by atoms with Gasteiger partial charge in [0.1, 0.15) is 5.82 Å². The minimum atomic E-state index is -0.360. The number of urea groups is 1. The Morgan fingerprint density at radius 1 is 1.03 bits per heavy atom. The fourth-order valence-electron chi connectivity index (χ4n) is 5.96. The molecule has 9 nitrogen and oxygen atoms in total. The summed E-state index contributed by atoms with van der Waals surface area (Å²) < 4.78 is 18.9. The van der Waals surface area contributed by atoms with Gasteiger partial charge in [0, 0.05) is 62.3 Å². The number of Topliss-reactive ketones (excluding diaryl/α,β-unsaturated/α-hetero) is 1. The number of imidazole rings is 1. The van der Waals surface area contributed by atoms with Gasteiger partial charge in [0.15, 0.2) is 11.4 Å². The van der Waals surface area contributed by atoms with Crippen LogP contribution in [0.25, 0.3) is 27.8 Å². The van der Waals surface area contributed by atoms with E-state index < -0.39 is 0 Å². The van der Waals surface area contributed by atoms with E-state index in [9.17, 15) is 9.59 Å². The van der Waals surface area contributed by atoms with Gasteiger partial charge >= 0.3 is 6.03 Å². The van der Waals surface area contributed by atoms with Gasteiger partial charge in [0.2, 0.25) is 0 Å². The smallest absolute Gasteiger partial charge is 0.320 e. The summed E-state index contributed by atoms with van der Waals surface area (Å²) in [6, 6.07) is 3.09. The molecule has 0 spiro atoms. The number of hydrogen-bond acceptors (Lipinski definition) is 5. The van der Waals surface area contributed by atoms with Gasteiger partial charge < -0.3 is 19.7 Å². The number of rotatable bonds is 2. The first-order valence-electron chi connectivity index (χ1n) is 12.7. The van der Waals surface area contributed by atoms with Crippen molar-refractivity contribution >= 4 is 39.6 Å². The maximum absolute atomic E-state index is 15.0. The van der Waals surface area contributed by atoms with E-state index in [1.54, 1.807) is 24.8 Å². The molecule has 0 aliphatic carbocycles. The Bertz CT molecular complexity index is 1610. The van der Waals surface area contributed by atoms with E-state index in [2.05, 4.69) is 19.9 Å². The van der Waals surface area contributed by atoms with Crippen LogP contribution in [0.5, 0.6) is 0 Å². The Labute approximate surface area is 212 Å². The SMILES string of the molecule is O=C1CNC(c2cn3c4c(cc(F)cc24)CN(C(=O)N2CCCCC2)CC3)=C1c1cnc2cnccn12. The summed E-state index contributed by atoms with van der Waals surface area (Å²) in [6.45, 7) is 3.20. The maximum atomic E-state index is 15.0. The molecule has 1 saturated heterocycles. The van der Waals surface area contributed by atoms with Crippen LogP contribution in [0.15, 0.2) is 43.1 Å². The van der Waals surface area contributed by atoms with E-state index in [1.165, 1.54) is 12.1 Å². The molecule has 0 saturated carbocycles. The van der Waals surface area contributed by atoms with Gasteiger partial charge in [-0.05, 0) is 37.0 Å². The van der Waals surface area contributed by atoms with E-state index in [0.29, 0.717) is 42.2 Å². The van der Waals surface area contributed by atoms with Crippen molar-refractivity contribution in [2.75, 3.05) is 26.2 Å². The predicted molar refractivity (Wildman–Crippen MR) is 136 cm³/mol. The van der Waals surface area contributed by atoms with E-state index in [-0.39, 0.29) is 24.2 Å².